The van der Waals surface area contributed by atoms with Crippen LogP contribution in [0.5, 0.6) is 0 Å². The zero-order valence-electron chi connectivity index (χ0n) is 30.8. The minimum atomic E-state index is 0.689. The number of benzene rings is 8. The van der Waals surface area contributed by atoms with E-state index in [9.17, 15) is 0 Å². The van der Waals surface area contributed by atoms with E-state index in [0.717, 1.165) is 56.1 Å². The van der Waals surface area contributed by atoms with Crippen LogP contribution in [0.1, 0.15) is 0 Å². The Morgan fingerprint density at radius 1 is 0.316 bits per heavy atom. The topological polar surface area (TPSA) is 40.6 Å². The van der Waals surface area contributed by atoms with Gasteiger partial charge in [-0.15, -0.1) is 0 Å². The smallest absolute Gasteiger partial charge is 0.162 e. The van der Waals surface area contributed by atoms with E-state index in [1.54, 1.807) is 0 Å². The molecule has 0 aliphatic carbocycles. The summed E-state index contributed by atoms with van der Waals surface area (Å²) in [6, 6.07) is 71.2. The molecular formula is C52H33N5. The van der Waals surface area contributed by atoms with Gasteiger partial charge in [-0.05, 0) is 48.5 Å². The molecule has 266 valence electrons. The van der Waals surface area contributed by atoms with Crippen molar-refractivity contribution in [3.63, 3.8) is 0 Å². The summed E-state index contributed by atoms with van der Waals surface area (Å²) in [4.78, 5) is 10.4. The molecule has 57 heavy (non-hydrogen) atoms. The summed E-state index contributed by atoms with van der Waals surface area (Å²) in [5.74, 6) is 1.51. The number of fused-ring (bicyclic) bond motifs is 10. The zero-order valence-corrected chi connectivity index (χ0v) is 30.8. The molecule has 8 aromatic carbocycles. The third kappa shape index (κ3) is 4.76. The second kappa shape index (κ2) is 12.4. The molecule has 0 unspecified atom stereocenters. The van der Waals surface area contributed by atoms with Crippen LogP contribution in [0.15, 0.2) is 200 Å². The Morgan fingerprint density at radius 2 is 0.860 bits per heavy atom. The predicted octanol–water partition coefficient (Wildman–Crippen LogP) is 13.1. The maximum Gasteiger partial charge on any atom is 0.162 e. The average molecular weight is 728 g/mol. The molecule has 4 heterocycles. The molecular weight excluding hydrogens is 695 g/mol. The van der Waals surface area contributed by atoms with Crippen molar-refractivity contribution in [1.82, 2.24) is 23.7 Å². The highest BCUT2D eigenvalue weighted by molar-refractivity contribution is 6.26. The minimum absolute atomic E-state index is 0.689. The van der Waals surface area contributed by atoms with Gasteiger partial charge < -0.3 is 9.13 Å². The molecule has 5 heteroatoms. The molecule has 0 N–H and O–H groups in total. The Morgan fingerprint density at radius 3 is 1.58 bits per heavy atom. The Balaban J connectivity index is 1.16. The van der Waals surface area contributed by atoms with E-state index in [4.69, 9.17) is 9.97 Å². The number of hydrogen-bond donors (Lipinski definition) is 0. The van der Waals surface area contributed by atoms with E-state index in [1.807, 2.05) is 24.3 Å². The van der Waals surface area contributed by atoms with Crippen LogP contribution in [0, 0.1) is 0 Å². The van der Waals surface area contributed by atoms with Crippen molar-refractivity contribution in [2.24, 2.45) is 0 Å². The maximum absolute atomic E-state index is 5.30. The third-order valence-corrected chi connectivity index (χ3v) is 11.4. The number of aromatic nitrogens is 5. The van der Waals surface area contributed by atoms with Crippen LogP contribution < -0.4 is 0 Å². The molecule has 0 spiro atoms. The minimum Gasteiger partial charge on any atom is -0.309 e. The van der Waals surface area contributed by atoms with Gasteiger partial charge in [-0.1, -0.05) is 146 Å². The first kappa shape index (κ1) is 31.6. The van der Waals surface area contributed by atoms with Crippen molar-refractivity contribution in [2.45, 2.75) is 0 Å². The van der Waals surface area contributed by atoms with E-state index >= 15 is 0 Å². The Labute approximate surface area is 328 Å². The van der Waals surface area contributed by atoms with E-state index in [-0.39, 0.29) is 0 Å². The van der Waals surface area contributed by atoms with Crippen LogP contribution in [0.2, 0.25) is 0 Å². The van der Waals surface area contributed by atoms with Gasteiger partial charge in [0.2, 0.25) is 0 Å². The third-order valence-electron chi connectivity index (χ3n) is 11.4. The van der Waals surface area contributed by atoms with Crippen molar-refractivity contribution in [1.29, 1.82) is 0 Å². The molecule has 4 aromatic heterocycles. The Hall–Kier alpha value is -7.76. The molecule has 12 aromatic rings. The van der Waals surface area contributed by atoms with E-state index in [0.29, 0.717) is 5.82 Å². The lowest BCUT2D eigenvalue weighted by atomic mass is 10.1. The predicted molar refractivity (Wildman–Crippen MR) is 236 cm³/mol. The number of rotatable bonds is 5. The van der Waals surface area contributed by atoms with Gasteiger partial charge in [0, 0.05) is 60.9 Å². The van der Waals surface area contributed by atoms with Crippen molar-refractivity contribution < 1.29 is 0 Å². The molecule has 0 saturated carbocycles. The van der Waals surface area contributed by atoms with Crippen LogP contribution in [0.4, 0.5) is 0 Å². The van der Waals surface area contributed by atoms with Crippen molar-refractivity contribution in [3.8, 4) is 39.8 Å². The molecule has 0 aliphatic rings. The van der Waals surface area contributed by atoms with Crippen molar-refractivity contribution in [3.05, 3.63) is 200 Å². The SMILES string of the molecule is c1ccc(-c2cc(-n3c4ccccc4c4ccc(-n5c6ccccc6c6c5ccc5c7ccccc7n(-c7ccccc7)c56)cc43)nc(-c3ccccc3)n2)cc1. The first-order valence-electron chi connectivity index (χ1n) is 19.3. The lowest BCUT2D eigenvalue weighted by Crippen LogP contribution is -2.03. The van der Waals surface area contributed by atoms with Crippen LogP contribution >= 0.6 is 0 Å². The van der Waals surface area contributed by atoms with Gasteiger partial charge in [0.05, 0.1) is 38.8 Å². The lowest BCUT2D eigenvalue weighted by Gasteiger charge is -2.13. The number of para-hydroxylation sites is 4. The summed E-state index contributed by atoms with van der Waals surface area (Å²) in [7, 11) is 0. The second-order valence-corrected chi connectivity index (χ2v) is 14.6. The molecule has 0 saturated heterocycles. The summed E-state index contributed by atoms with van der Waals surface area (Å²) >= 11 is 0. The number of hydrogen-bond acceptors (Lipinski definition) is 2. The first-order valence-corrected chi connectivity index (χ1v) is 19.3. The van der Waals surface area contributed by atoms with Gasteiger partial charge in [-0.2, -0.15) is 0 Å². The average Bonchev–Trinajstić information content (AvgIpc) is 3.92. The first-order chi connectivity index (χ1) is 28.3. The molecule has 0 amide bonds. The summed E-state index contributed by atoms with van der Waals surface area (Å²) in [6.45, 7) is 0. The molecule has 0 radical (unpaired) electrons. The zero-order chi connectivity index (χ0) is 37.5. The van der Waals surface area contributed by atoms with Crippen molar-refractivity contribution >= 4 is 65.4 Å². The lowest BCUT2D eigenvalue weighted by molar-refractivity contribution is 1.05. The Kier molecular flexibility index (Phi) is 6.86. The standard InChI is InChI=1S/C52H33N5/c1-4-16-34(17-5-1)43-33-49(54-52(53-43)35-18-6-2-7-19-35)57-45-26-14-10-22-38(45)40-29-28-37(32-48(40)57)55-46-27-15-12-24-42(46)50-47(55)31-30-41-39-23-11-13-25-44(39)56(51(41)50)36-20-8-3-9-21-36/h1-33H. The molecule has 0 fully saturated rings. The summed E-state index contributed by atoms with van der Waals surface area (Å²) in [6.07, 6.45) is 0. The van der Waals surface area contributed by atoms with Crippen LogP contribution in [-0.2, 0) is 0 Å². The summed E-state index contributed by atoms with van der Waals surface area (Å²) in [5.41, 5.74) is 12.0. The van der Waals surface area contributed by atoms with Gasteiger partial charge in [-0.25, -0.2) is 9.97 Å². The monoisotopic (exact) mass is 727 g/mol. The molecule has 0 aliphatic heterocycles. The highest BCUT2D eigenvalue weighted by atomic mass is 15.1. The summed E-state index contributed by atoms with van der Waals surface area (Å²) < 4.78 is 7.19. The van der Waals surface area contributed by atoms with Gasteiger partial charge in [-0.3, -0.25) is 4.57 Å². The van der Waals surface area contributed by atoms with Crippen LogP contribution in [0.25, 0.3) is 105 Å². The highest BCUT2D eigenvalue weighted by Gasteiger charge is 2.22. The van der Waals surface area contributed by atoms with E-state index in [2.05, 4.69) is 190 Å². The quantitative estimate of drug-likeness (QED) is 0.177. The molecule has 12 rings (SSSR count). The Bertz CT molecular complexity index is 3440. The second-order valence-electron chi connectivity index (χ2n) is 14.6. The van der Waals surface area contributed by atoms with Gasteiger partial charge in [0.15, 0.2) is 5.82 Å². The van der Waals surface area contributed by atoms with Crippen LogP contribution in [-0.4, -0.2) is 23.7 Å². The molecule has 0 atom stereocenters. The number of nitrogens with zero attached hydrogens (tertiary/aromatic N) is 5. The largest absolute Gasteiger partial charge is 0.309 e. The fraction of sp³-hybridized carbons (Fsp3) is 0. The summed E-state index contributed by atoms with van der Waals surface area (Å²) in [5, 5.41) is 7.29. The van der Waals surface area contributed by atoms with E-state index in [1.165, 1.54) is 43.4 Å². The molecule has 5 nitrogen and oxygen atoms in total. The van der Waals surface area contributed by atoms with Crippen molar-refractivity contribution in [2.75, 3.05) is 0 Å². The van der Waals surface area contributed by atoms with Crippen LogP contribution in [0.3, 0.4) is 0 Å². The maximum atomic E-state index is 5.30. The molecule has 0 bridgehead atoms. The van der Waals surface area contributed by atoms with E-state index < -0.39 is 0 Å². The highest BCUT2D eigenvalue weighted by Crippen LogP contribution is 2.43. The normalized spacial score (nSPS) is 11.9. The fourth-order valence-electron chi connectivity index (χ4n) is 9.00. The van der Waals surface area contributed by atoms with Gasteiger partial charge in [0.25, 0.3) is 0 Å². The van der Waals surface area contributed by atoms with Gasteiger partial charge >= 0.3 is 0 Å². The van der Waals surface area contributed by atoms with Gasteiger partial charge in [0.1, 0.15) is 5.82 Å². The fourth-order valence-corrected chi connectivity index (χ4v) is 9.00.